The first-order valence-electron chi connectivity index (χ1n) is 14.0. The second kappa shape index (κ2) is 10.5. The van der Waals surface area contributed by atoms with E-state index in [0.29, 0.717) is 29.7 Å². The van der Waals surface area contributed by atoms with Crippen molar-refractivity contribution in [3.8, 4) is 28.3 Å². The minimum absolute atomic E-state index is 0.0519. The van der Waals surface area contributed by atoms with Crippen LogP contribution in [0.4, 0.5) is 14.6 Å². The van der Waals surface area contributed by atoms with Gasteiger partial charge in [-0.25, -0.2) is 32.7 Å². The van der Waals surface area contributed by atoms with Gasteiger partial charge in [0.05, 0.1) is 24.6 Å². The van der Waals surface area contributed by atoms with Gasteiger partial charge in [0.2, 0.25) is 11.6 Å². The number of benzene rings is 1. The summed E-state index contributed by atoms with van der Waals surface area (Å²) in [5.41, 5.74) is 7.80. The summed E-state index contributed by atoms with van der Waals surface area (Å²) >= 11 is 0. The van der Waals surface area contributed by atoms with Gasteiger partial charge in [0.15, 0.2) is 32.9 Å². The number of halogens is 2. The lowest BCUT2D eigenvalue weighted by atomic mass is 9.87. The zero-order chi connectivity index (χ0) is 31.6. The highest BCUT2D eigenvalue weighted by atomic mass is 32.2. The summed E-state index contributed by atoms with van der Waals surface area (Å²) in [6.07, 6.45) is 9.11. The first-order valence-corrected chi connectivity index (χ1v) is 15.9. The zero-order valence-electron chi connectivity index (χ0n) is 24.0. The summed E-state index contributed by atoms with van der Waals surface area (Å²) in [4.78, 5) is 32.2. The third-order valence-corrected chi connectivity index (χ3v) is 9.64. The van der Waals surface area contributed by atoms with E-state index in [1.165, 1.54) is 48.7 Å². The summed E-state index contributed by atoms with van der Waals surface area (Å²) in [5, 5.41) is 10.7. The van der Waals surface area contributed by atoms with Gasteiger partial charge in [0, 0.05) is 47.8 Å². The molecule has 2 unspecified atom stereocenters. The lowest BCUT2D eigenvalue weighted by molar-refractivity contribution is 0.0556. The van der Waals surface area contributed by atoms with E-state index in [2.05, 4.69) is 30.2 Å². The van der Waals surface area contributed by atoms with Gasteiger partial charge in [-0.1, -0.05) is 0 Å². The quantitative estimate of drug-likeness (QED) is 0.279. The van der Waals surface area contributed by atoms with Crippen LogP contribution in [0, 0.1) is 11.6 Å². The van der Waals surface area contributed by atoms with Crippen molar-refractivity contribution in [3.63, 3.8) is 0 Å². The highest BCUT2D eigenvalue weighted by molar-refractivity contribution is 7.91. The van der Waals surface area contributed by atoms with Crippen molar-refractivity contribution in [2.45, 2.75) is 48.6 Å². The molecule has 5 aromatic rings. The average Bonchev–Trinajstić information content (AvgIpc) is 3.76. The molecule has 2 bridgehead atoms. The van der Waals surface area contributed by atoms with Crippen LogP contribution < -0.4 is 10.5 Å². The Kier molecular flexibility index (Phi) is 6.72. The Morgan fingerprint density at radius 1 is 1.04 bits per heavy atom. The standard InChI is InChI=1S/C28H26F2N10O4S/c1-44-19-6-5-17(20(29)21(19)30)25-32-9-14(10-33-25)18-11-36-40-24(31)23(45(2,42)43)22(37-27(18)40)13-7-15-3-4-16(8-13)39(15)28(41)26-34-12-35-38-26/h5-6,9-13,15-16H,3-4,7-8,31H2,1-2H3,(H,34,35,38). The molecule has 4 aromatic heterocycles. The summed E-state index contributed by atoms with van der Waals surface area (Å²) in [6, 6.07) is 2.31. The van der Waals surface area contributed by atoms with E-state index in [4.69, 9.17) is 15.5 Å². The molecule has 2 aliphatic heterocycles. The molecule has 1 aromatic carbocycles. The summed E-state index contributed by atoms with van der Waals surface area (Å²) < 4.78 is 61.2. The van der Waals surface area contributed by atoms with Gasteiger partial charge in [-0.2, -0.15) is 19.1 Å². The Bertz CT molecular complexity index is 2060. The minimum Gasteiger partial charge on any atom is -0.494 e. The SMILES string of the molecule is COc1ccc(-c2ncc(-c3cnn4c(N)c(S(C)(=O)=O)c(C5CC6CCC(C5)N6C(=O)c5ncn[nH]5)nc34)cn2)c(F)c1F. The third kappa shape index (κ3) is 4.65. The molecular formula is C28H26F2N10O4S. The predicted molar refractivity (Wildman–Crippen MR) is 155 cm³/mol. The third-order valence-electron chi connectivity index (χ3n) is 8.48. The van der Waals surface area contributed by atoms with Crippen LogP contribution in [-0.2, 0) is 9.84 Å². The maximum atomic E-state index is 14.7. The van der Waals surface area contributed by atoms with Gasteiger partial charge < -0.3 is 15.4 Å². The normalized spacial score (nSPS) is 19.7. The molecule has 3 N–H and O–H groups in total. The number of nitrogen functional groups attached to an aromatic ring is 1. The van der Waals surface area contributed by atoms with E-state index >= 15 is 0 Å². The molecule has 17 heteroatoms. The maximum absolute atomic E-state index is 14.7. The number of aromatic amines is 1. The summed E-state index contributed by atoms with van der Waals surface area (Å²) in [6.45, 7) is 0. The Labute approximate surface area is 254 Å². The lowest BCUT2D eigenvalue weighted by Gasteiger charge is -2.38. The number of carbonyl (C=O) groups excluding carboxylic acids is 1. The highest BCUT2D eigenvalue weighted by Crippen LogP contribution is 2.45. The van der Waals surface area contributed by atoms with Crippen LogP contribution in [0.25, 0.3) is 28.2 Å². The Morgan fingerprint density at radius 2 is 1.76 bits per heavy atom. The molecule has 45 heavy (non-hydrogen) atoms. The monoisotopic (exact) mass is 636 g/mol. The first kappa shape index (κ1) is 28.7. The maximum Gasteiger partial charge on any atom is 0.291 e. The molecule has 0 radical (unpaired) electrons. The number of hydrogen-bond acceptors (Lipinski definition) is 11. The second-order valence-electron chi connectivity index (χ2n) is 11.1. The van der Waals surface area contributed by atoms with E-state index in [-0.39, 0.29) is 63.2 Å². The van der Waals surface area contributed by atoms with Gasteiger partial charge in [-0.15, -0.1) is 0 Å². The Morgan fingerprint density at radius 3 is 2.38 bits per heavy atom. The Hall–Kier alpha value is -5.06. The van der Waals surface area contributed by atoms with E-state index in [1.54, 1.807) is 4.90 Å². The molecule has 2 saturated heterocycles. The number of H-pyrrole nitrogens is 1. The molecule has 0 aliphatic carbocycles. The van der Waals surface area contributed by atoms with E-state index < -0.39 is 21.5 Å². The van der Waals surface area contributed by atoms with E-state index in [9.17, 15) is 22.0 Å². The number of anilines is 1. The van der Waals surface area contributed by atoms with E-state index in [0.717, 1.165) is 19.1 Å². The fraction of sp³-hybridized carbons (Fsp3) is 0.321. The molecule has 1 amide bonds. The van der Waals surface area contributed by atoms with Crippen LogP contribution in [0.3, 0.4) is 0 Å². The highest BCUT2D eigenvalue weighted by Gasteiger charge is 2.46. The number of piperidine rings is 1. The number of ether oxygens (including phenoxy) is 1. The van der Waals surface area contributed by atoms with Gasteiger partial charge in [-0.3, -0.25) is 9.89 Å². The largest absolute Gasteiger partial charge is 0.494 e. The number of amides is 1. The van der Waals surface area contributed by atoms with Crippen LogP contribution in [-0.4, -0.2) is 84.4 Å². The van der Waals surface area contributed by atoms with Crippen molar-refractivity contribution in [2.24, 2.45) is 0 Å². The van der Waals surface area contributed by atoms with Crippen LogP contribution >= 0.6 is 0 Å². The van der Waals surface area contributed by atoms with Gasteiger partial charge in [-0.05, 0) is 37.8 Å². The molecule has 14 nitrogen and oxygen atoms in total. The molecule has 0 saturated carbocycles. The molecule has 2 fully saturated rings. The number of nitrogens with one attached hydrogen (secondary N) is 1. The van der Waals surface area contributed by atoms with Crippen LogP contribution in [0.2, 0.25) is 0 Å². The van der Waals surface area contributed by atoms with Crippen LogP contribution in [0.1, 0.15) is 47.9 Å². The zero-order valence-corrected chi connectivity index (χ0v) is 24.8. The Balaban J connectivity index is 1.27. The summed E-state index contributed by atoms with van der Waals surface area (Å²) in [7, 11) is -2.61. The number of nitrogens with zero attached hydrogens (tertiary/aromatic N) is 8. The number of fused-ring (bicyclic) bond motifs is 3. The smallest absolute Gasteiger partial charge is 0.291 e. The van der Waals surface area contributed by atoms with Crippen LogP contribution in [0.15, 0.2) is 41.9 Å². The molecule has 6 heterocycles. The van der Waals surface area contributed by atoms with Crippen molar-refractivity contribution < 1.29 is 26.7 Å². The van der Waals surface area contributed by atoms with Crippen molar-refractivity contribution in [3.05, 3.63) is 60.2 Å². The fourth-order valence-electron chi connectivity index (χ4n) is 6.51. The number of sulfone groups is 1. The first-order chi connectivity index (χ1) is 21.6. The number of carbonyl (C=O) groups is 1. The van der Waals surface area contributed by atoms with Gasteiger partial charge in [0.1, 0.15) is 17.0 Å². The van der Waals surface area contributed by atoms with E-state index in [1.807, 2.05) is 0 Å². The molecule has 2 atom stereocenters. The number of rotatable bonds is 6. The second-order valence-corrected chi connectivity index (χ2v) is 13.1. The topological polar surface area (TPSA) is 187 Å². The van der Waals surface area contributed by atoms with Gasteiger partial charge in [0.25, 0.3) is 5.91 Å². The minimum atomic E-state index is -3.84. The molecule has 232 valence electrons. The molecule has 7 rings (SSSR count). The number of nitrogens with two attached hydrogens (primary N) is 1. The van der Waals surface area contributed by atoms with Crippen LogP contribution in [0.5, 0.6) is 5.75 Å². The number of aromatic nitrogens is 8. The van der Waals surface area contributed by atoms with Crippen molar-refractivity contribution >= 4 is 27.2 Å². The molecule has 0 spiro atoms. The molecular weight excluding hydrogens is 610 g/mol. The van der Waals surface area contributed by atoms with Crippen molar-refractivity contribution in [1.29, 1.82) is 0 Å². The fourth-order valence-corrected chi connectivity index (χ4v) is 7.57. The lowest BCUT2D eigenvalue weighted by Crippen LogP contribution is -2.46. The van der Waals surface area contributed by atoms with Crippen molar-refractivity contribution in [2.75, 3.05) is 19.1 Å². The number of hydrogen-bond donors (Lipinski definition) is 2. The van der Waals surface area contributed by atoms with Gasteiger partial charge >= 0.3 is 0 Å². The number of methoxy groups -OCH3 is 1. The van der Waals surface area contributed by atoms with Crippen molar-refractivity contribution in [1.82, 2.24) is 44.6 Å². The molecule has 2 aliphatic rings. The average molecular weight is 637 g/mol. The summed E-state index contributed by atoms with van der Waals surface area (Å²) in [5.74, 6) is -3.09. The predicted octanol–water partition coefficient (Wildman–Crippen LogP) is 2.79.